The van der Waals surface area contributed by atoms with Gasteiger partial charge in [-0.15, -0.1) is 6.42 Å². The zero-order valence-electron chi connectivity index (χ0n) is 25.0. The molecule has 0 spiro atoms. The molecule has 0 N–H and O–H groups in total. The number of hydrogen-bond donors (Lipinski definition) is 0. The van der Waals surface area contributed by atoms with E-state index in [9.17, 15) is 19.2 Å². The van der Waals surface area contributed by atoms with Crippen LogP contribution in [0.4, 0.5) is 0 Å². The van der Waals surface area contributed by atoms with Crippen LogP contribution in [-0.4, -0.2) is 67.8 Å². The van der Waals surface area contributed by atoms with Crippen LogP contribution in [0.25, 0.3) is 0 Å². The van der Waals surface area contributed by atoms with Gasteiger partial charge in [-0.1, -0.05) is 78.7 Å². The number of esters is 4. The van der Waals surface area contributed by atoms with Crippen LogP contribution in [-0.2, 0) is 28.4 Å². The quantitative estimate of drug-likeness (QED) is 0.128. The predicted molar refractivity (Wildman–Crippen MR) is 167 cm³/mol. The van der Waals surface area contributed by atoms with Crippen molar-refractivity contribution in [2.24, 2.45) is 0 Å². The first-order valence-electron chi connectivity index (χ1n) is 14.7. The summed E-state index contributed by atoms with van der Waals surface area (Å²) in [7, 11) is 0. The average Bonchev–Trinajstić information content (AvgIpc) is 3.13. The molecule has 47 heavy (non-hydrogen) atoms. The molecular formula is C37H30O10. The Labute approximate surface area is 271 Å². The lowest BCUT2D eigenvalue weighted by Gasteiger charge is -2.44. The summed E-state index contributed by atoms with van der Waals surface area (Å²) in [5.41, 5.74) is 0.814. The molecular weight excluding hydrogens is 604 g/mol. The summed E-state index contributed by atoms with van der Waals surface area (Å²) in [6.07, 6.45) is -1.69. The molecule has 1 heterocycles. The first-order chi connectivity index (χ1) is 22.9. The molecule has 5 atom stereocenters. The van der Waals surface area contributed by atoms with Gasteiger partial charge >= 0.3 is 23.9 Å². The van der Waals surface area contributed by atoms with Gasteiger partial charge in [0.15, 0.2) is 24.6 Å². The Bertz CT molecular complexity index is 1690. The molecule has 1 aliphatic heterocycles. The highest BCUT2D eigenvalue weighted by molar-refractivity contribution is 5.91. The smallest absolute Gasteiger partial charge is 0.338 e. The van der Waals surface area contributed by atoms with Crippen LogP contribution >= 0.6 is 0 Å². The maximum absolute atomic E-state index is 13.5. The molecule has 1 fully saturated rings. The molecule has 4 aromatic rings. The lowest BCUT2D eigenvalue weighted by Crippen LogP contribution is -2.63. The van der Waals surface area contributed by atoms with E-state index < -0.39 is 61.2 Å². The van der Waals surface area contributed by atoms with Gasteiger partial charge < -0.3 is 28.4 Å². The Morgan fingerprint density at radius 3 is 1.36 bits per heavy atom. The standard InChI is InChI=1S/C37H30O10/c1-2-23-42-37-32(47-36(41)28-21-13-6-14-22-28)31(46-35(40)27-19-11-5-12-20-27)30(45-34(39)26-17-9-4-10-18-26)29(44-37)24-43-33(38)25-15-7-3-8-16-25/h1,3-22,29-32,37H,23-24H2/t29-,30-,31+,32-,37-/m1/s1. The first-order valence-corrected chi connectivity index (χ1v) is 14.7. The van der Waals surface area contributed by atoms with Crippen molar-refractivity contribution in [1.82, 2.24) is 0 Å². The second kappa shape index (κ2) is 16.0. The molecule has 0 aliphatic carbocycles. The molecule has 0 radical (unpaired) electrons. The van der Waals surface area contributed by atoms with Crippen LogP contribution in [0.15, 0.2) is 121 Å². The lowest BCUT2D eigenvalue weighted by atomic mass is 9.97. The average molecular weight is 635 g/mol. The van der Waals surface area contributed by atoms with Crippen molar-refractivity contribution in [1.29, 1.82) is 0 Å². The summed E-state index contributed by atoms with van der Waals surface area (Å²) in [4.78, 5) is 53.2. The second-order valence-corrected chi connectivity index (χ2v) is 10.2. The Kier molecular flexibility index (Phi) is 11.1. The maximum atomic E-state index is 13.5. The number of rotatable bonds is 11. The SMILES string of the molecule is C#CCO[C@@H]1O[C@H](COC(=O)c2ccccc2)[C@@H](OC(=O)c2ccccc2)[C@H](OC(=O)c2ccccc2)[C@H]1OC(=O)c1ccccc1. The molecule has 4 aromatic carbocycles. The summed E-state index contributed by atoms with van der Waals surface area (Å²) >= 11 is 0. The van der Waals surface area contributed by atoms with Gasteiger partial charge in [0.05, 0.1) is 22.3 Å². The van der Waals surface area contributed by atoms with Crippen molar-refractivity contribution in [3.8, 4) is 12.3 Å². The highest BCUT2D eigenvalue weighted by atomic mass is 16.7. The molecule has 0 amide bonds. The van der Waals surface area contributed by atoms with Crippen LogP contribution in [0.5, 0.6) is 0 Å². The predicted octanol–water partition coefficient (Wildman–Crippen LogP) is 4.89. The van der Waals surface area contributed by atoms with Crippen molar-refractivity contribution in [2.75, 3.05) is 13.2 Å². The van der Waals surface area contributed by atoms with E-state index in [1.807, 2.05) is 0 Å². The third kappa shape index (κ3) is 8.49. The summed E-state index contributed by atoms with van der Waals surface area (Å²) in [5, 5.41) is 0. The molecule has 0 saturated carbocycles. The summed E-state index contributed by atoms with van der Waals surface area (Å²) in [6, 6.07) is 32.5. The van der Waals surface area contributed by atoms with Gasteiger partial charge in [0.25, 0.3) is 0 Å². The molecule has 5 rings (SSSR count). The van der Waals surface area contributed by atoms with E-state index in [0.29, 0.717) is 0 Å². The fourth-order valence-electron chi connectivity index (χ4n) is 4.79. The zero-order chi connectivity index (χ0) is 33.0. The number of carbonyl (C=O) groups excluding carboxylic acids is 4. The number of hydrogen-bond acceptors (Lipinski definition) is 10. The minimum Gasteiger partial charge on any atom is -0.459 e. The highest BCUT2D eigenvalue weighted by Crippen LogP contribution is 2.31. The van der Waals surface area contributed by atoms with Crippen molar-refractivity contribution in [3.05, 3.63) is 144 Å². The summed E-state index contributed by atoms with van der Waals surface area (Å²) < 4.78 is 35.2. The van der Waals surface area contributed by atoms with Gasteiger partial charge in [0, 0.05) is 0 Å². The monoisotopic (exact) mass is 634 g/mol. The highest BCUT2D eigenvalue weighted by Gasteiger charge is 2.53. The molecule has 1 aliphatic rings. The Balaban J connectivity index is 1.53. The van der Waals surface area contributed by atoms with E-state index in [-0.39, 0.29) is 28.9 Å². The number of ether oxygens (including phenoxy) is 6. The van der Waals surface area contributed by atoms with E-state index in [1.165, 1.54) is 36.4 Å². The molecule has 0 aromatic heterocycles. The fourth-order valence-corrected chi connectivity index (χ4v) is 4.79. The third-order valence-electron chi connectivity index (χ3n) is 7.07. The van der Waals surface area contributed by atoms with Gasteiger partial charge in [-0.25, -0.2) is 19.2 Å². The van der Waals surface area contributed by atoms with Crippen LogP contribution in [0.1, 0.15) is 41.4 Å². The van der Waals surface area contributed by atoms with Crippen LogP contribution in [0.2, 0.25) is 0 Å². The molecule has 10 nitrogen and oxygen atoms in total. The van der Waals surface area contributed by atoms with Crippen molar-refractivity contribution in [2.45, 2.75) is 30.7 Å². The van der Waals surface area contributed by atoms with Gasteiger partial charge in [-0.05, 0) is 48.5 Å². The Morgan fingerprint density at radius 1 is 0.553 bits per heavy atom. The van der Waals surface area contributed by atoms with Gasteiger partial charge in [-0.3, -0.25) is 0 Å². The Hall–Kier alpha value is -5.76. The number of terminal acetylenes is 1. The van der Waals surface area contributed by atoms with E-state index >= 15 is 0 Å². The normalized spacial score (nSPS) is 20.2. The van der Waals surface area contributed by atoms with E-state index in [0.717, 1.165) is 0 Å². The largest absolute Gasteiger partial charge is 0.459 e. The minimum absolute atomic E-state index is 0.174. The first kappa shape index (κ1) is 32.6. The second-order valence-electron chi connectivity index (χ2n) is 10.2. The van der Waals surface area contributed by atoms with E-state index in [1.54, 1.807) is 84.9 Å². The van der Waals surface area contributed by atoms with Gasteiger partial charge in [0.1, 0.15) is 19.3 Å². The minimum atomic E-state index is -1.51. The fraction of sp³-hybridized carbons (Fsp3) is 0.189. The number of benzene rings is 4. The summed E-state index contributed by atoms with van der Waals surface area (Å²) in [6.45, 7) is -0.747. The van der Waals surface area contributed by atoms with Gasteiger partial charge in [0.2, 0.25) is 0 Å². The molecule has 238 valence electrons. The van der Waals surface area contributed by atoms with Gasteiger partial charge in [-0.2, -0.15) is 0 Å². The third-order valence-corrected chi connectivity index (χ3v) is 7.07. The van der Waals surface area contributed by atoms with Crippen LogP contribution < -0.4 is 0 Å². The summed E-state index contributed by atoms with van der Waals surface area (Å²) in [5.74, 6) is -0.751. The van der Waals surface area contributed by atoms with Crippen molar-refractivity contribution >= 4 is 23.9 Å². The Morgan fingerprint density at radius 2 is 0.936 bits per heavy atom. The molecule has 10 heteroatoms. The molecule has 0 bridgehead atoms. The van der Waals surface area contributed by atoms with E-state index in [4.69, 9.17) is 34.8 Å². The van der Waals surface area contributed by atoms with Crippen LogP contribution in [0.3, 0.4) is 0 Å². The number of carbonyl (C=O) groups is 4. The lowest BCUT2D eigenvalue weighted by molar-refractivity contribution is -0.295. The molecule has 0 unspecified atom stereocenters. The van der Waals surface area contributed by atoms with Crippen molar-refractivity contribution < 1.29 is 47.6 Å². The molecule has 1 saturated heterocycles. The van der Waals surface area contributed by atoms with Crippen LogP contribution in [0, 0.1) is 12.3 Å². The topological polar surface area (TPSA) is 124 Å². The van der Waals surface area contributed by atoms with E-state index in [2.05, 4.69) is 5.92 Å². The van der Waals surface area contributed by atoms with Crippen molar-refractivity contribution in [3.63, 3.8) is 0 Å². The zero-order valence-corrected chi connectivity index (χ0v) is 25.0. The maximum Gasteiger partial charge on any atom is 0.338 e.